The second kappa shape index (κ2) is 13.9. The topological polar surface area (TPSA) is 127 Å². The Kier molecular flexibility index (Phi) is 13.5. The highest BCUT2D eigenvalue weighted by molar-refractivity contribution is 5.90. The van der Waals surface area contributed by atoms with Crippen molar-refractivity contribution in [2.45, 2.75) is 46.6 Å². The van der Waals surface area contributed by atoms with E-state index in [-0.39, 0.29) is 23.5 Å². The average molecular weight is 410 g/mol. The molecular weight excluding hydrogens is 380 g/mol. The number of carboxylic acids is 2. The summed E-state index contributed by atoms with van der Waals surface area (Å²) in [4.78, 5) is 43.5. The first kappa shape index (κ1) is 28.1. The van der Waals surface area contributed by atoms with E-state index in [9.17, 15) is 19.2 Å². The zero-order valence-corrected chi connectivity index (χ0v) is 17.6. The second-order valence-corrected chi connectivity index (χ2v) is 6.72. The molecule has 8 heteroatoms. The van der Waals surface area contributed by atoms with Gasteiger partial charge >= 0.3 is 23.9 Å². The highest BCUT2D eigenvalue weighted by atomic mass is 16.6. The minimum atomic E-state index is -1.18. The van der Waals surface area contributed by atoms with Crippen LogP contribution in [-0.2, 0) is 28.7 Å². The molecule has 0 fully saturated rings. The van der Waals surface area contributed by atoms with E-state index >= 15 is 0 Å². The number of carbonyl (C=O) groups is 4. The van der Waals surface area contributed by atoms with Gasteiger partial charge in [0.25, 0.3) is 0 Å². The van der Waals surface area contributed by atoms with E-state index in [4.69, 9.17) is 14.9 Å². The molecular formula is C21H30O8. The molecule has 29 heavy (non-hydrogen) atoms. The van der Waals surface area contributed by atoms with Gasteiger partial charge in [-0.2, -0.15) is 0 Å². The van der Waals surface area contributed by atoms with E-state index in [1.54, 1.807) is 34.6 Å². The highest BCUT2D eigenvalue weighted by Gasteiger charge is 2.19. The Morgan fingerprint density at radius 1 is 1.14 bits per heavy atom. The minimum absolute atomic E-state index is 0.0118. The van der Waals surface area contributed by atoms with Crippen molar-refractivity contribution in [1.29, 1.82) is 0 Å². The molecule has 0 saturated carbocycles. The minimum Gasteiger partial charge on any atom is -0.478 e. The van der Waals surface area contributed by atoms with E-state index in [0.717, 1.165) is 12.2 Å². The van der Waals surface area contributed by atoms with Crippen molar-refractivity contribution in [1.82, 2.24) is 0 Å². The number of aliphatic carboxylic acids is 2. The van der Waals surface area contributed by atoms with Crippen molar-refractivity contribution < 1.29 is 38.9 Å². The maximum Gasteiger partial charge on any atom is 0.334 e. The molecule has 0 amide bonds. The largest absolute Gasteiger partial charge is 0.478 e. The fourth-order valence-electron chi connectivity index (χ4n) is 1.67. The lowest BCUT2D eigenvalue weighted by Gasteiger charge is -2.20. The van der Waals surface area contributed by atoms with Crippen LogP contribution in [0.15, 0.2) is 48.6 Å². The van der Waals surface area contributed by atoms with Gasteiger partial charge in [-0.15, -0.1) is 0 Å². The van der Waals surface area contributed by atoms with Gasteiger partial charge in [0.15, 0.2) is 0 Å². The molecule has 0 heterocycles. The van der Waals surface area contributed by atoms with Crippen molar-refractivity contribution in [3.63, 3.8) is 0 Å². The first-order chi connectivity index (χ1) is 13.2. The molecule has 0 aromatic heterocycles. The Morgan fingerprint density at radius 2 is 1.69 bits per heavy atom. The van der Waals surface area contributed by atoms with Crippen molar-refractivity contribution >= 4 is 23.9 Å². The molecule has 0 aromatic rings. The number of allylic oxidation sites excluding steroid dienone is 2. The third kappa shape index (κ3) is 15.6. The van der Waals surface area contributed by atoms with Crippen LogP contribution in [0.25, 0.3) is 0 Å². The van der Waals surface area contributed by atoms with Gasteiger partial charge in [0.05, 0.1) is 6.61 Å². The molecule has 1 unspecified atom stereocenters. The summed E-state index contributed by atoms with van der Waals surface area (Å²) in [6, 6.07) is 0. The fraction of sp³-hybridized carbons (Fsp3) is 0.429. The summed E-state index contributed by atoms with van der Waals surface area (Å²) < 4.78 is 9.56. The summed E-state index contributed by atoms with van der Waals surface area (Å²) >= 11 is 0. The van der Waals surface area contributed by atoms with E-state index < -0.39 is 29.4 Å². The molecule has 0 saturated heterocycles. The number of ether oxygens (including phenoxy) is 2. The van der Waals surface area contributed by atoms with Crippen LogP contribution >= 0.6 is 0 Å². The molecule has 0 aliphatic heterocycles. The van der Waals surface area contributed by atoms with Gasteiger partial charge in [-0.25, -0.2) is 19.2 Å². The van der Waals surface area contributed by atoms with Gasteiger partial charge in [-0.05, 0) is 34.1 Å². The number of rotatable bonds is 9. The zero-order chi connectivity index (χ0) is 23.2. The lowest BCUT2D eigenvalue weighted by Crippen LogP contribution is -2.24. The van der Waals surface area contributed by atoms with Crippen LogP contribution < -0.4 is 0 Å². The lowest BCUT2D eigenvalue weighted by molar-refractivity contribution is -0.150. The number of hydrogen-bond donors (Lipinski definition) is 2. The van der Waals surface area contributed by atoms with Crippen molar-refractivity contribution in [3.8, 4) is 0 Å². The van der Waals surface area contributed by atoms with E-state index in [2.05, 4.69) is 17.9 Å². The number of hydrogen-bond acceptors (Lipinski definition) is 6. The molecule has 0 spiro atoms. The molecule has 0 rings (SSSR count). The molecule has 0 aliphatic carbocycles. The van der Waals surface area contributed by atoms with Crippen LogP contribution in [0, 0.1) is 5.92 Å². The second-order valence-electron chi connectivity index (χ2n) is 6.72. The first-order valence-electron chi connectivity index (χ1n) is 8.79. The molecule has 162 valence electrons. The average Bonchev–Trinajstić information content (AvgIpc) is 2.58. The molecule has 1 atom stereocenters. The smallest absolute Gasteiger partial charge is 0.334 e. The summed E-state index contributed by atoms with van der Waals surface area (Å²) in [5, 5.41) is 17.7. The van der Waals surface area contributed by atoms with Gasteiger partial charge in [-0.3, -0.25) is 0 Å². The molecule has 0 bridgehead atoms. The predicted octanol–water partition coefficient (Wildman–Crippen LogP) is 3.30. The Labute approximate surface area is 171 Å². The molecule has 0 radical (unpaired) electrons. The van der Waals surface area contributed by atoms with E-state index in [1.807, 2.05) is 0 Å². The zero-order valence-electron chi connectivity index (χ0n) is 17.6. The molecule has 0 aromatic carbocycles. The van der Waals surface area contributed by atoms with Gasteiger partial charge < -0.3 is 19.7 Å². The number of carbonyl (C=O) groups excluding carboxylic acids is 2. The predicted molar refractivity (Wildman–Crippen MR) is 108 cm³/mol. The van der Waals surface area contributed by atoms with Gasteiger partial charge in [0.1, 0.15) is 5.60 Å². The Balaban J connectivity index is 0. The highest BCUT2D eigenvalue weighted by Crippen LogP contribution is 2.17. The van der Waals surface area contributed by atoms with Crippen LogP contribution in [0.4, 0.5) is 0 Å². The summed E-state index contributed by atoms with van der Waals surface area (Å²) in [6.45, 7) is 15.7. The van der Waals surface area contributed by atoms with Crippen molar-refractivity contribution in [2.24, 2.45) is 5.92 Å². The Bertz CT molecular complexity index is 677. The number of esters is 2. The summed E-state index contributed by atoms with van der Waals surface area (Å²) in [5.41, 5.74) is -0.540. The fourth-order valence-corrected chi connectivity index (χ4v) is 1.67. The monoisotopic (exact) mass is 410 g/mol. The van der Waals surface area contributed by atoms with Crippen molar-refractivity contribution in [2.75, 3.05) is 6.61 Å². The van der Waals surface area contributed by atoms with Crippen LogP contribution in [0.5, 0.6) is 0 Å². The summed E-state index contributed by atoms with van der Waals surface area (Å²) in [5.74, 6) is -3.90. The number of carboxylic acid groups (broad SMARTS) is 2. The summed E-state index contributed by atoms with van der Waals surface area (Å²) in [6.07, 6.45) is 4.64. The van der Waals surface area contributed by atoms with Gasteiger partial charge in [0, 0.05) is 29.2 Å². The Morgan fingerprint density at radius 3 is 2.03 bits per heavy atom. The third-order valence-corrected chi connectivity index (χ3v) is 2.97. The van der Waals surface area contributed by atoms with Crippen LogP contribution in [0.3, 0.4) is 0 Å². The maximum atomic E-state index is 11.7. The van der Waals surface area contributed by atoms with Crippen LogP contribution in [0.1, 0.15) is 41.0 Å². The van der Waals surface area contributed by atoms with Crippen LogP contribution in [0.2, 0.25) is 0 Å². The SMILES string of the molecule is C=C(CC=C(C(=O)O)C(C)C=CC(=O)O)C(=O)OC(C)(C)C.C=CC(=O)OCC. The quantitative estimate of drug-likeness (QED) is 0.438. The van der Waals surface area contributed by atoms with E-state index in [0.29, 0.717) is 6.61 Å². The molecule has 2 N–H and O–H groups in total. The summed E-state index contributed by atoms with van der Waals surface area (Å²) in [7, 11) is 0. The first-order valence-corrected chi connectivity index (χ1v) is 8.79. The Hall–Kier alpha value is -3.16. The maximum absolute atomic E-state index is 11.7. The van der Waals surface area contributed by atoms with Gasteiger partial charge in [0.2, 0.25) is 0 Å². The standard InChI is InChI=1S/C16H22O6.C5H8O2/c1-10(7-9-13(17)18)12(14(19)20)8-6-11(2)15(21)22-16(3,4)5;1-3-5(6)7-4-2/h7-10H,2,6H2,1,3-5H3,(H,17,18)(H,19,20);3H,1,4H2,2H3. The molecule has 8 nitrogen and oxygen atoms in total. The third-order valence-electron chi connectivity index (χ3n) is 2.97. The normalized spacial score (nSPS) is 12.2. The van der Waals surface area contributed by atoms with Crippen LogP contribution in [-0.4, -0.2) is 46.3 Å². The van der Waals surface area contributed by atoms with E-state index in [1.165, 1.54) is 12.2 Å². The van der Waals surface area contributed by atoms with Crippen molar-refractivity contribution in [3.05, 3.63) is 48.6 Å². The lowest BCUT2D eigenvalue weighted by atomic mass is 9.98. The molecule has 0 aliphatic rings. The van der Waals surface area contributed by atoms with Gasteiger partial charge in [-0.1, -0.05) is 32.2 Å².